The second-order valence-corrected chi connectivity index (χ2v) is 5.82. The lowest BCUT2D eigenvalue weighted by Crippen LogP contribution is -2.58. The van der Waals surface area contributed by atoms with Gasteiger partial charge in [-0.2, -0.15) is 0 Å². The zero-order chi connectivity index (χ0) is 13.2. The Hall–Kier alpha value is -0.610. The van der Waals surface area contributed by atoms with E-state index in [4.69, 9.17) is 10.5 Å². The lowest BCUT2D eigenvalue weighted by Gasteiger charge is -2.42. The molecule has 0 bridgehead atoms. The Morgan fingerprint density at radius 3 is 2.65 bits per heavy atom. The summed E-state index contributed by atoms with van der Waals surface area (Å²) in [6, 6.07) is -0.388. The van der Waals surface area contributed by atoms with Gasteiger partial charge in [0.05, 0.1) is 17.7 Å². The van der Waals surface area contributed by atoms with Crippen LogP contribution in [0.5, 0.6) is 0 Å². The van der Waals surface area contributed by atoms with Gasteiger partial charge < -0.3 is 15.4 Å². The number of nitrogens with zero attached hydrogens (tertiary/aromatic N) is 1. The molecule has 100 valence electrons. The van der Waals surface area contributed by atoms with Gasteiger partial charge in [-0.25, -0.2) is 0 Å². The van der Waals surface area contributed by atoms with Crippen molar-refractivity contribution in [1.29, 1.82) is 0 Å². The van der Waals surface area contributed by atoms with Crippen LogP contribution in [0.3, 0.4) is 0 Å². The summed E-state index contributed by atoms with van der Waals surface area (Å²) >= 11 is 0. The predicted molar refractivity (Wildman–Crippen MR) is 68.6 cm³/mol. The molecule has 1 rings (SSSR count). The number of carbonyl (C=O) groups excluding carboxylic acids is 1. The van der Waals surface area contributed by atoms with Crippen LogP contribution in [0.25, 0.3) is 0 Å². The van der Waals surface area contributed by atoms with E-state index in [2.05, 4.69) is 6.92 Å². The molecule has 4 heteroatoms. The molecule has 2 unspecified atom stereocenters. The zero-order valence-corrected chi connectivity index (χ0v) is 11.7. The van der Waals surface area contributed by atoms with Gasteiger partial charge in [-0.3, -0.25) is 4.79 Å². The SMILES string of the molecule is CCC(C)[C@H](N)C(=O)N1CC(C)OC(C)(C)C1. The first kappa shape index (κ1) is 14.5. The van der Waals surface area contributed by atoms with E-state index in [-0.39, 0.29) is 29.6 Å². The van der Waals surface area contributed by atoms with Crippen LogP contribution in [-0.2, 0) is 9.53 Å². The molecule has 1 amide bonds. The van der Waals surface area contributed by atoms with Crippen LogP contribution < -0.4 is 5.73 Å². The third-order valence-corrected chi connectivity index (χ3v) is 3.42. The minimum absolute atomic E-state index is 0.0579. The number of carbonyl (C=O) groups is 1. The van der Waals surface area contributed by atoms with Gasteiger partial charge >= 0.3 is 0 Å². The van der Waals surface area contributed by atoms with Crippen molar-refractivity contribution in [3.63, 3.8) is 0 Å². The van der Waals surface area contributed by atoms with E-state index < -0.39 is 0 Å². The van der Waals surface area contributed by atoms with Crippen molar-refractivity contribution in [2.45, 2.75) is 58.8 Å². The fourth-order valence-electron chi connectivity index (χ4n) is 2.33. The average Bonchev–Trinajstić information content (AvgIpc) is 2.23. The Labute approximate surface area is 104 Å². The van der Waals surface area contributed by atoms with E-state index in [1.165, 1.54) is 0 Å². The van der Waals surface area contributed by atoms with E-state index in [0.29, 0.717) is 13.1 Å². The van der Waals surface area contributed by atoms with Crippen LogP contribution in [0.15, 0.2) is 0 Å². The highest BCUT2D eigenvalue weighted by Crippen LogP contribution is 2.22. The lowest BCUT2D eigenvalue weighted by molar-refractivity contribution is -0.160. The summed E-state index contributed by atoms with van der Waals surface area (Å²) in [4.78, 5) is 14.1. The van der Waals surface area contributed by atoms with Crippen LogP contribution in [0.1, 0.15) is 41.0 Å². The van der Waals surface area contributed by atoms with E-state index in [9.17, 15) is 4.79 Å². The topological polar surface area (TPSA) is 55.6 Å². The molecule has 1 aliphatic rings. The third-order valence-electron chi connectivity index (χ3n) is 3.42. The van der Waals surface area contributed by atoms with Gasteiger partial charge in [0.1, 0.15) is 0 Å². The summed E-state index contributed by atoms with van der Waals surface area (Å²) in [5.74, 6) is 0.284. The molecule has 17 heavy (non-hydrogen) atoms. The maximum Gasteiger partial charge on any atom is 0.239 e. The molecular weight excluding hydrogens is 216 g/mol. The number of hydrogen-bond acceptors (Lipinski definition) is 3. The summed E-state index contributed by atoms with van der Waals surface area (Å²) in [7, 11) is 0. The zero-order valence-electron chi connectivity index (χ0n) is 11.7. The molecule has 1 heterocycles. The Morgan fingerprint density at radius 2 is 2.18 bits per heavy atom. The molecule has 0 radical (unpaired) electrons. The minimum atomic E-state index is -0.388. The molecular formula is C13H26N2O2. The van der Waals surface area contributed by atoms with Gasteiger partial charge in [0.2, 0.25) is 5.91 Å². The largest absolute Gasteiger partial charge is 0.369 e. The number of hydrogen-bond donors (Lipinski definition) is 1. The van der Waals surface area contributed by atoms with E-state index >= 15 is 0 Å². The number of nitrogens with two attached hydrogens (primary N) is 1. The van der Waals surface area contributed by atoms with Crippen LogP contribution in [0, 0.1) is 5.92 Å². The predicted octanol–water partition coefficient (Wildman–Crippen LogP) is 1.39. The number of morpholine rings is 1. The molecule has 0 aromatic carbocycles. The van der Waals surface area contributed by atoms with Crippen molar-refractivity contribution in [1.82, 2.24) is 4.90 Å². The molecule has 1 saturated heterocycles. The minimum Gasteiger partial charge on any atom is -0.369 e. The van der Waals surface area contributed by atoms with Crippen LogP contribution in [0.4, 0.5) is 0 Å². The van der Waals surface area contributed by atoms with E-state index in [1.807, 2.05) is 32.6 Å². The molecule has 0 aromatic heterocycles. The molecule has 2 N–H and O–H groups in total. The van der Waals surface area contributed by atoms with E-state index in [1.54, 1.807) is 0 Å². The second kappa shape index (κ2) is 5.36. The molecule has 4 nitrogen and oxygen atoms in total. The summed E-state index contributed by atoms with van der Waals surface area (Å²) < 4.78 is 5.79. The maximum atomic E-state index is 12.3. The summed E-state index contributed by atoms with van der Waals surface area (Å²) in [6.45, 7) is 11.4. The Morgan fingerprint density at radius 1 is 1.59 bits per heavy atom. The van der Waals surface area contributed by atoms with Gasteiger partial charge in [-0.1, -0.05) is 20.3 Å². The van der Waals surface area contributed by atoms with Gasteiger partial charge in [0, 0.05) is 13.1 Å². The van der Waals surface area contributed by atoms with Gasteiger partial charge in [-0.15, -0.1) is 0 Å². The summed E-state index contributed by atoms with van der Waals surface area (Å²) in [6.07, 6.45) is 1.00. The molecule has 0 saturated carbocycles. The molecule has 0 aromatic rings. The van der Waals surface area contributed by atoms with Crippen molar-refractivity contribution >= 4 is 5.91 Å². The maximum absolute atomic E-state index is 12.3. The van der Waals surface area contributed by atoms with Gasteiger partial charge in [0.25, 0.3) is 0 Å². The van der Waals surface area contributed by atoms with Crippen molar-refractivity contribution in [2.75, 3.05) is 13.1 Å². The normalized spacial score (nSPS) is 27.6. The Balaban J connectivity index is 2.69. The molecule has 1 aliphatic heterocycles. The highest BCUT2D eigenvalue weighted by molar-refractivity contribution is 5.82. The van der Waals surface area contributed by atoms with Crippen LogP contribution in [-0.4, -0.2) is 41.6 Å². The number of rotatable bonds is 3. The molecule has 0 aliphatic carbocycles. The highest BCUT2D eigenvalue weighted by atomic mass is 16.5. The van der Waals surface area contributed by atoms with Crippen LogP contribution in [0.2, 0.25) is 0 Å². The first-order valence-electron chi connectivity index (χ1n) is 6.49. The number of amides is 1. The quantitative estimate of drug-likeness (QED) is 0.813. The van der Waals surface area contributed by atoms with Crippen LogP contribution >= 0.6 is 0 Å². The van der Waals surface area contributed by atoms with Crippen molar-refractivity contribution in [2.24, 2.45) is 11.7 Å². The Kier molecular flexibility index (Phi) is 4.55. The lowest BCUT2D eigenvalue weighted by atomic mass is 9.97. The monoisotopic (exact) mass is 242 g/mol. The fraction of sp³-hybridized carbons (Fsp3) is 0.923. The standard InChI is InChI=1S/C13H26N2O2/c1-6-9(2)11(14)12(16)15-7-10(3)17-13(4,5)8-15/h9-11H,6-8,14H2,1-5H3/t9?,10?,11-/m0/s1. The highest BCUT2D eigenvalue weighted by Gasteiger charge is 2.36. The van der Waals surface area contributed by atoms with Crippen molar-refractivity contribution in [3.05, 3.63) is 0 Å². The third kappa shape index (κ3) is 3.68. The Bertz CT molecular complexity index is 279. The van der Waals surface area contributed by atoms with Gasteiger partial charge in [-0.05, 0) is 26.7 Å². The molecule has 0 spiro atoms. The van der Waals surface area contributed by atoms with Crippen molar-refractivity contribution in [3.8, 4) is 0 Å². The van der Waals surface area contributed by atoms with Gasteiger partial charge in [0.15, 0.2) is 0 Å². The summed E-state index contributed by atoms with van der Waals surface area (Å²) in [5, 5.41) is 0. The first-order chi connectivity index (χ1) is 7.76. The van der Waals surface area contributed by atoms with E-state index in [0.717, 1.165) is 6.42 Å². The molecule has 3 atom stereocenters. The number of ether oxygens (including phenoxy) is 1. The summed E-state index contributed by atoms with van der Waals surface area (Å²) in [5.41, 5.74) is 5.73. The smallest absolute Gasteiger partial charge is 0.239 e. The second-order valence-electron chi connectivity index (χ2n) is 5.82. The van der Waals surface area contributed by atoms with Crippen molar-refractivity contribution < 1.29 is 9.53 Å². The first-order valence-corrected chi connectivity index (χ1v) is 6.49. The molecule has 1 fully saturated rings. The fourth-order valence-corrected chi connectivity index (χ4v) is 2.33. The average molecular weight is 242 g/mol.